The average molecular weight is 162 g/mol. The van der Waals surface area contributed by atoms with E-state index >= 15 is 0 Å². The van der Waals surface area contributed by atoms with Gasteiger partial charge in [0.25, 0.3) is 0 Å². The van der Waals surface area contributed by atoms with Crippen LogP contribution in [0.2, 0.25) is 0 Å². The predicted octanol–water partition coefficient (Wildman–Crippen LogP) is 3.07. The smallest absolute Gasteiger partial charge is 0.170 e. The number of hydrogen-bond acceptors (Lipinski definition) is 0. The molecule has 0 fully saturated rings. The van der Waals surface area contributed by atoms with Gasteiger partial charge in [-0.1, -0.05) is 23.8 Å². The van der Waals surface area contributed by atoms with Gasteiger partial charge in [0.1, 0.15) is 0 Å². The zero-order chi connectivity index (χ0) is 8.48. The van der Waals surface area contributed by atoms with Crippen LogP contribution in [0, 0.1) is 5.92 Å². The van der Waals surface area contributed by atoms with Crippen LogP contribution < -0.4 is 0 Å². The monoisotopic (exact) mass is 162 g/mol. The van der Waals surface area contributed by atoms with Gasteiger partial charge in [0, 0.05) is 0 Å². The molecule has 0 aromatic rings. The molecule has 0 aliphatic heterocycles. The van der Waals surface area contributed by atoms with Crippen LogP contribution in [0.4, 0.5) is 13.2 Å². The third kappa shape index (κ3) is 2.10. The van der Waals surface area contributed by atoms with Crippen molar-refractivity contribution >= 4 is 0 Å². The second-order valence-electron chi connectivity index (χ2n) is 2.75. The van der Waals surface area contributed by atoms with Gasteiger partial charge in [0.15, 0.2) is 0 Å². The van der Waals surface area contributed by atoms with E-state index < -0.39 is 12.1 Å². The first-order valence-electron chi connectivity index (χ1n) is 3.41. The van der Waals surface area contributed by atoms with Crippen molar-refractivity contribution in [2.24, 2.45) is 5.92 Å². The van der Waals surface area contributed by atoms with E-state index in [2.05, 4.69) is 0 Å². The van der Waals surface area contributed by atoms with Gasteiger partial charge >= 0.3 is 6.18 Å². The van der Waals surface area contributed by atoms with Crippen molar-refractivity contribution in [2.45, 2.75) is 19.5 Å². The van der Waals surface area contributed by atoms with Crippen molar-refractivity contribution < 1.29 is 13.2 Å². The summed E-state index contributed by atoms with van der Waals surface area (Å²) in [5.74, 6) is -1.27. The Morgan fingerprint density at radius 1 is 1.45 bits per heavy atom. The van der Waals surface area contributed by atoms with Gasteiger partial charge in [0.05, 0.1) is 5.92 Å². The minimum absolute atomic E-state index is 0.111. The summed E-state index contributed by atoms with van der Waals surface area (Å²) in [6.45, 7) is 1.71. The summed E-state index contributed by atoms with van der Waals surface area (Å²) in [6.07, 6.45) is 0.415. The standard InChI is InChI=1S/C8H9F3/c1-6-3-2-4-7(5-6)8(9,10)11/h2-4,7H,5H2,1H3. The number of alkyl halides is 3. The Bertz CT molecular complexity index is 198. The molecule has 0 spiro atoms. The van der Waals surface area contributed by atoms with Gasteiger partial charge in [-0.2, -0.15) is 13.2 Å². The Balaban J connectivity index is 2.67. The fourth-order valence-corrected chi connectivity index (χ4v) is 1.06. The summed E-state index contributed by atoms with van der Waals surface area (Å²) < 4.78 is 36.1. The normalized spacial score (nSPS) is 25.1. The molecule has 0 bridgehead atoms. The second kappa shape index (κ2) is 2.72. The van der Waals surface area contributed by atoms with Crippen LogP contribution >= 0.6 is 0 Å². The first-order valence-corrected chi connectivity index (χ1v) is 3.41. The lowest BCUT2D eigenvalue weighted by Crippen LogP contribution is -2.22. The van der Waals surface area contributed by atoms with Crippen LogP contribution in [0.25, 0.3) is 0 Å². The van der Waals surface area contributed by atoms with E-state index in [9.17, 15) is 13.2 Å². The Labute approximate surface area is 63.4 Å². The molecule has 0 nitrogen and oxygen atoms in total. The third-order valence-electron chi connectivity index (χ3n) is 1.69. The molecule has 0 radical (unpaired) electrons. The Morgan fingerprint density at radius 2 is 2.09 bits per heavy atom. The topological polar surface area (TPSA) is 0 Å². The maximum Gasteiger partial charge on any atom is 0.395 e. The maximum atomic E-state index is 12.0. The van der Waals surface area contributed by atoms with Gasteiger partial charge in [-0.3, -0.25) is 0 Å². The summed E-state index contributed by atoms with van der Waals surface area (Å²) in [5.41, 5.74) is 0.787. The van der Waals surface area contributed by atoms with Crippen LogP contribution in [-0.2, 0) is 0 Å². The maximum absolute atomic E-state index is 12.0. The molecule has 0 amide bonds. The van der Waals surface area contributed by atoms with Crippen molar-refractivity contribution in [2.75, 3.05) is 0 Å². The molecule has 1 rings (SSSR count). The molecule has 1 aliphatic carbocycles. The molecule has 1 atom stereocenters. The summed E-state index contributed by atoms with van der Waals surface area (Å²) in [4.78, 5) is 0. The second-order valence-corrected chi connectivity index (χ2v) is 2.75. The molecular weight excluding hydrogens is 153 g/mol. The highest BCUT2D eigenvalue weighted by molar-refractivity contribution is 5.19. The number of halogens is 3. The van der Waals surface area contributed by atoms with Crippen molar-refractivity contribution in [1.29, 1.82) is 0 Å². The molecule has 1 unspecified atom stereocenters. The predicted molar refractivity (Wildman–Crippen MR) is 37.1 cm³/mol. The summed E-state index contributed by atoms with van der Waals surface area (Å²) in [7, 11) is 0. The molecule has 0 N–H and O–H groups in total. The lowest BCUT2D eigenvalue weighted by atomic mass is 9.95. The molecular formula is C8H9F3. The molecule has 3 heteroatoms. The highest BCUT2D eigenvalue weighted by atomic mass is 19.4. The van der Waals surface area contributed by atoms with Crippen LogP contribution in [0.3, 0.4) is 0 Å². The third-order valence-corrected chi connectivity index (χ3v) is 1.69. The summed E-state index contributed by atoms with van der Waals surface area (Å²) in [6, 6.07) is 0. The lowest BCUT2D eigenvalue weighted by Gasteiger charge is -2.18. The van der Waals surface area contributed by atoms with E-state index in [0.717, 1.165) is 5.57 Å². The molecule has 0 saturated carbocycles. The Morgan fingerprint density at radius 3 is 2.45 bits per heavy atom. The van der Waals surface area contributed by atoms with Crippen molar-refractivity contribution in [3.05, 3.63) is 23.8 Å². The van der Waals surface area contributed by atoms with Crippen molar-refractivity contribution in [1.82, 2.24) is 0 Å². The molecule has 1 aliphatic rings. The zero-order valence-electron chi connectivity index (χ0n) is 6.15. The lowest BCUT2D eigenvalue weighted by molar-refractivity contribution is -0.160. The van der Waals surface area contributed by atoms with Gasteiger partial charge in [-0.25, -0.2) is 0 Å². The van der Waals surface area contributed by atoms with E-state index in [0.29, 0.717) is 0 Å². The van der Waals surface area contributed by atoms with Crippen LogP contribution in [0.1, 0.15) is 13.3 Å². The summed E-state index contributed by atoms with van der Waals surface area (Å²) in [5, 5.41) is 0. The molecule has 0 heterocycles. The van der Waals surface area contributed by atoms with Gasteiger partial charge < -0.3 is 0 Å². The van der Waals surface area contributed by atoms with Crippen molar-refractivity contribution in [3.63, 3.8) is 0 Å². The van der Waals surface area contributed by atoms with Gasteiger partial charge in [-0.05, 0) is 13.3 Å². The zero-order valence-corrected chi connectivity index (χ0v) is 6.15. The van der Waals surface area contributed by atoms with Gasteiger partial charge in [-0.15, -0.1) is 0 Å². The highest BCUT2D eigenvalue weighted by Crippen LogP contribution is 2.33. The Kier molecular flexibility index (Phi) is 2.07. The average Bonchev–Trinajstić information content (AvgIpc) is 1.86. The van der Waals surface area contributed by atoms with Crippen LogP contribution in [0.15, 0.2) is 23.8 Å². The van der Waals surface area contributed by atoms with Crippen molar-refractivity contribution in [3.8, 4) is 0 Å². The Hall–Kier alpha value is -0.730. The largest absolute Gasteiger partial charge is 0.395 e. The summed E-state index contributed by atoms with van der Waals surface area (Å²) >= 11 is 0. The first-order chi connectivity index (χ1) is 5.00. The quantitative estimate of drug-likeness (QED) is 0.513. The van der Waals surface area contributed by atoms with Crippen LogP contribution in [0.5, 0.6) is 0 Å². The highest BCUT2D eigenvalue weighted by Gasteiger charge is 2.37. The van der Waals surface area contributed by atoms with E-state index in [1.54, 1.807) is 13.0 Å². The van der Waals surface area contributed by atoms with Crippen LogP contribution in [-0.4, -0.2) is 6.18 Å². The molecule has 11 heavy (non-hydrogen) atoms. The van der Waals surface area contributed by atoms with E-state index in [4.69, 9.17) is 0 Å². The fraction of sp³-hybridized carbons (Fsp3) is 0.500. The fourth-order valence-electron chi connectivity index (χ4n) is 1.06. The molecule has 62 valence electrons. The van der Waals surface area contributed by atoms with E-state index in [-0.39, 0.29) is 6.42 Å². The van der Waals surface area contributed by atoms with Gasteiger partial charge in [0.2, 0.25) is 0 Å². The number of allylic oxidation sites excluding steroid dienone is 4. The minimum atomic E-state index is -4.08. The SMILES string of the molecule is CC1=CC=CC(C(F)(F)F)C1. The van der Waals surface area contributed by atoms with E-state index in [1.165, 1.54) is 12.2 Å². The first kappa shape index (κ1) is 8.37. The molecule has 0 saturated heterocycles. The molecule has 0 aromatic heterocycles. The van der Waals surface area contributed by atoms with E-state index in [1.807, 2.05) is 0 Å². The minimum Gasteiger partial charge on any atom is -0.170 e. The molecule has 0 aromatic carbocycles. The number of rotatable bonds is 0. The number of hydrogen-bond donors (Lipinski definition) is 0.